The number of ether oxygens (including phenoxy) is 2. The summed E-state index contributed by atoms with van der Waals surface area (Å²) >= 11 is 1.84. The monoisotopic (exact) mass is 422 g/mol. The van der Waals surface area contributed by atoms with E-state index in [1.54, 1.807) is 7.11 Å². The third kappa shape index (κ3) is 5.04. The molecule has 1 aromatic heterocycles. The Labute approximate surface area is 183 Å². The van der Waals surface area contributed by atoms with Crippen LogP contribution in [-0.4, -0.2) is 38.2 Å². The summed E-state index contributed by atoms with van der Waals surface area (Å²) in [5.41, 5.74) is 3.72. The summed E-state index contributed by atoms with van der Waals surface area (Å²) in [5, 5.41) is 5.76. The standard InChI is InChI=1S/C25H30N2O2S/c1-19-15-24(30-18-19)25(27-13-6-11-26-12-14-27)21-9-10-22(23(16-21)28-2)29-17-20-7-4-3-5-8-20/h3-5,7-10,15-16,18,25-26H,6,11-14,17H2,1-2H3. The lowest BCUT2D eigenvalue weighted by molar-refractivity contribution is 0.242. The summed E-state index contributed by atoms with van der Waals surface area (Å²) in [5.74, 6) is 1.57. The van der Waals surface area contributed by atoms with E-state index in [0.29, 0.717) is 6.61 Å². The van der Waals surface area contributed by atoms with Crippen molar-refractivity contribution in [2.24, 2.45) is 0 Å². The maximum atomic E-state index is 6.08. The SMILES string of the molecule is COc1cc(C(c2cc(C)cs2)N2CCCNCC2)ccc1OCc1ccccc1. The highest BCUT2D eigenvalue weighted by Gasteiger charge is 2.25. The quantitative estimate of drug-likeness (QED) is 0.579. The molecule has 4 nitrogen and oxygen atoms in total. The molecule has 1 atom stereocenters. The van der Waals surface area contributed by atoms with Crippen molar-refractivity contribution in [3.63, 3.8) is 0 Å². The van der Waals surface area contributed by atoms with Crippen molar-refractivity contribution in [2.45, 2.75) is 26.0 Å². The van der Waals surface area contributed by atoms with Crippen LogP contribution in [0.25, 0.3) is 0 Å². The fraction of sp³-hybridized carbons (Fsp3) is 0.360. The maximum Gasteiger partial charge on any atom is 0.161 e. The van der Waals surface area contributed by atoms with Crippen molar-refractivity contribution < 1.29 is 9.47 Å². The zero-order valence-corrected chi connectivity index (χ0v) is 18.6. The normalized spacial score (nSPS) is 16.1. The van der Waals surface area contributed by atoms with Gasteiger partial charge in [0.25, 0.3) is 0 Å². The molecule has 1 saturated heterocycles. The summed E-state index contributed by atoms with van der Waals surface area (Å²) in [7, 11) is 1.72. The van der Waals surface area contributed by atoms with E-state index in [9.17, 15) is 0 Å². The van der Waals surface area contributed by atoms with Gasteiger partial charge in [-0.05, 0) is 60.2 Å². The number of hydrogen-bond acceptors (Lipinski definition) is 5. The Kier molecular flexibility index (Phi) is 7.05. The van der Waals surface area contributed by atoms with Crippen LogP contribution in [-0.2, 0) is 6.61 Å². The number of thiophene rings is 1. The molecule has 1 unspecified atom stereocenters. The fourth-order valence-electron chi connectivity index (χ4n) is 3.99. The zero-order chi connectivity index (χ0) is 20.8. The van der Waals surface area contributed by atoms with Crippen LogP contribution >= 0.6 is 11.3 Å². The van der Waals surface area contributed by atoms with Crippen molar-refractivity contribution in [3.8, 4) is 11.5 Å². The molecular formula is C25H30N2O2S. The number of methoxy groups -OCH3 is 1. The second kappa shape index (κ2) is 10.1. The van der Waals surface area contributed by atoms with Crippen LogP contribution in [0.4, 0.5) is 0 Å². The van der Waals surface area contributed by atoms with E-state index >= 15 is 0 Å². The van der Waals surface area contributed by atoms with Crippen molar-refractivity contribution in [1.29, 1.82) is 0 Å². The largest absolute Gasteiger partial charge is 0.493 e. The number of rotatable bonds is 7. The van der Waals surface area contributed by atoms with Gasteiger partial charge in [0.2, 0.25) is 0 Å². The molecule has 5 heteroatoms. The van der Waals surface area contributed by atoms with Crippen LogP contribution in [0.1, 0.15) is 34.0 Å². The molecule has 2 heterocycles. The van der Waals surface area contributed by atoms with E-state index in [2.05, 4.69) is 58.9 Å². The van der Waals surface area contributed by atoms with Crippen LogP contribution in [0.15, 0.2) is 60.0 Å². The van der Waals surface area contributed by atoms with Gasteiger partial charge in [-0.25, -0.2) is 0 Å². The predicted molar refractivity (Wildman–Crippen MR) is 124 cm³/mol. The number of nitrogens with one attached hydrogen (secondary N) is 1. The van der Waals surface area contributed by atoms with Crippen LogP contribution in [0.2, 0.25) is 0 Å². The summed E-state index contributed by atoms with van der Waals surface area (Å²) in [4.78, 5) is 3.97. The summed E-state index contributed by atoms with van der Waals surface area (Å²) in [6.07, 6.45) is 1.16. The number of aryl methyl sites for hydroxylation is 1. The van der Waals surface area contributed by atoms with E-state index < -0.39 is 0 Å². The molecule has 158 valence electrons. The highest BCUT2D eigenvalue weighted by molar-refractivity contribution is 7.10. The molecule has 4 rings (SSSR count). The molecule has 0 bridgehead atoms. The topological polar surface area (TPSA) is 33.7 Å². The Morgan fingerprint density at radius 2 is 1.90 bits per heavy atom. The van der Waals surface area contributed by atoms with Gasteiger partial charge in [-0.3, -0.25) is 4.90 Å². The Hall–Kier alpha value is -2.34. The maximum absolute atomic E-state index is 6.08. The Balaban J connectivity index is 1.61. The molecule has 0 amide bonds. The lowest BCUT2D eigenvalue weighted by Gasteiger charge is -2.30. The van der Waals surface area contributed by atoms with E-state index in [-0.39, 0.29) is 6.04 Å². The molecule has 0 radical (unpaired) electrons. The van der Waals surface area contributed by atoms with Gasteiger partial charge in [-0.15, -0.1) is 11.3 Å². The van der Waals surface area contributed by atoms with Gasteiger partial charge >= 0.3 is 0 Å². The molecule has 30 heavy (non-hydrogen) atoms. The van der Waals surface area contributed by atoms with Gasteiger partial charge in [0.05, 0.1) is 13.2 Å². The predicted octanol–water partition coefficient (Wildman–Crippen LogP) is 5.03. The second-order valence-electron chi connectivity index (χ2n) is 7.75. The van der Waals surface area contributed by atoms with E-state index in [4.69, 9.17) is 9.47 Å². The highest BCUT2D eigenvalue weighted by atomic mass is 32.1. The van der Waals surface area contributed by atoms with E-state index in [1.165, 1.54) is 16.0 Å². The van der Waals surface area contributed by atoms with Gasteiger partial charge in [0.15, 0.2) is 11.5 Å². The molecular weight excluding hydrogens is 392 g/mol. The Morgan fingerprint density at radius 1 is 1.03 bits per heavy atom. The summed E-state index contributed by atoms with van der Waals surface area (Å²) in [6, 6.07) is 19.2. The first kappa shape index (κ1) is 20.9. The average molecular weight is 423 g/mol. The molecule has 1 N–H and O–H groups in total. The third-order valence-electron chi connectivity index (χ3n) is 5.50. The fourth-order valence-corrected chi connectivity index (χ4v) is 5.04. The number of nitrogens with zero attached hydrogens (tertiary/aromatic N) is 1. The van der Waals surface area contributed by atoms with E-state index in [1.807, 2.05) is 29.5 Å². The molecule has 3 aromatic rings. The molecule has 1 fully saturated rings. The second-order valence-corrected chi connectivity index (χ2v) is 8.70. The lowest BCUT2D eigenvalue weighted by atomic mass is 10.0. The van der Waals surface area contributed by atoms with Crippen molar-refractivity contribution in [3.05, 3.63) is 81.5 Å². The molecule has 0 saturated carbocycles. The molecule has 2 aromatic carbocycles. The van der Waals surface area contributed by atoms with Crippen LogP contribution in [0.5, 0.6) is 11.5 Å². The molecule has 0 aliphatic carbocycles. The van der Waals surface area contributed by atoms with Crippen molar-refractivity contribution >= 4 is 11.3 Å². The third-order valence-corrected chi connectivity index (χ3v) is 6.60. The minimum atomic E-state index is 0.237. The van der Waals surface area contributed by atoms with Crippen molar-refractivity contribution in [2.75, 3.05) is 33.3 Å². The summed E-state index contributed by atoms with van der Waals surface area (Å²) < 4.78 is 11.8. The number of hydrogen-bond donors (Lipinski definition) is 1. The smallest absolute Gasteiger partial charge is 0.161 e. The zero-order valence-electron chi connectivity index (χ0n) is 17.8. The first-order valence-corrected chi connectivity index (χ1v) is 11.5. The molecule has 0 spiro atoms. The first-order valence-electron chi connectivity index (χ1n) is 10.6. The molecule has 1 aliphatic rings. The van der Waals surface area contributed by atoms with Gasteiger partial charge < -0.3 is 14.8 Å². The lowest BCUT2D eigenvalue weighted by Crippen LogP contribution is -2.32. The minimum absolute atomic E-state index is 0.237. The van der Waals surface area contributed by atoms with Crippen molar-refractivity contribution in [1.82, 2.24) is 10.2 Å². The Bertz CT molecular complexity index is 933. The van der Waals surface area contributed by atoms with Gasteiger partial charge in [-0.2, -0.15) is 0 Å². The van der Waals surface area contributed by atoms with Crippen LogP contribution < -0.4 is 14.8 Å². The molecule has 1 aliphatic heterocycles. The Morgan fingerprint density at radius 3 is 2.67 bits per heavy atom. The van der Waals surface area contributed by atoms with Gasteiger partial charge in [0.1, 0.15) is 6.61 Å². The average Bonchev–Trinajstić information content (AvgIpc) is 3.03. The van der Waals surface area contributed by atoms with Crippen LogP contribution in [0, 0.1) is 6.92 Å². The first-order chi connectivity index (χ1) is 14.7. The number of benzene rings is 2. The van der Waals surface area contributed by atoms with Gasteiger partial charge in [0, 0.05) is 24.5 Å². The summed E-state index contributed by atoms with van der Waals surface area (Å²) in [6.45, 7) is 6.93. The minimum Gasteiger partial charge on any atom is -0.493 e. The van der Waals surface area contributed by atoms with Crippen LogP contribution in [0.3, 0.4) is 0 Å². The highest BCUT2D eigenvalue weighted by Crippen LogP contribution is 2.38. The van der Waals surface area contributed by atoms with Gasteiger partial charge in [-0.1, -0.05) is 36.4 Å². The van der Waals surface area contributed by atoms with E-state index in [0.717, 1.165) is 49.7 Å².